The summed E-state index contributed by atoms with van der Waals surface area (Å²) < 4.78 is 5.00. The van der Waals surface area contributed by atoms with Crippen LogP contribution in [0.2, 0.25) is 0 Å². The van der Waals surface area contributed by atoms with E-state index in [9.17, 15) is 0 Å². The monoisotopic (exact) mass is 285 g/mol. The van der Waals surface area contributed by atoms with Gasteiger partial charge in [0.2, 0.25) is 0 Å². The molecular weight excluding hydrogens is 262 g/mol. The van der Waals surface area contributed by atoms with E-state index in [1.54, 1.807) is 7.11 Å². The highest BCUT2D eigenvalue weighted by Crippen LogP contribution is 2.22. The van der Waals surface area contributed by atoms with E-state index in [1.165, 1.54) is 11.1 Å². The molecule has 1 aromatic carbocycles. The molecule has 2 rings (SSSR count). The number of hydrogen-bond acceptors (Lipinski definition) is 4. The van der Waals surface area contributed by atoms with E-state index in [1.807, 2.05) is 13.2 Å². The van der Waals surface area contributed by atoms with Crippen LogP contribution in [0.25, 0.3) is 0 Å². The first kappa shape index (κ1) is 15.5. The Morgan fingerprint density at radius 3 is 2.76 bits per heavy atom. The largest absolute Gasteiger partial charge is 0.383 e. The smallest absolute Gasteiger partial charge is 0.132 e. The molecule has 0 saturated carbocycles. The molecule has 0 aliphatic heterocycles. The van der Waals surface area contributed by atoms with E-state index in [2.05, 4.69) is 58.5 Å². The molecule has 0 bridgehead atoms. The number of methoxy groups -OCH3 is 1. The molecule has 0 unspecified atom stereocenters. The summed E-state index contributed by atoms with van der Waals surface area (Å²) in [5.74, 6) is 0.946. The highest BCUT2D eigenvalue weighted by atomic mass is 16.5. The van der Waals surface area contributed by atoms with Gasteiger partial charge in [0.1, 0.15) is 5.82 Å². The quantitative estimate of drug-likeness (QED) is 0.794. The van der Waals surface area contributed by atoms with Crippen LogP contribution in [-0.2, 0) is 11.3 Å². The van der Waals surface area contributed by atoms with Gasteiger partial charge in [0.05, 0.1) is 6.61 Å². The van der Waals surface area contributed by atoms with Crippen LogP contribution in [0.5, 0.6) is 0 Å². The second-order valence-electron chi connectivity index (χ2n) is 5.09. The minimum absolute atomic E-state index is 0.724. The van der Waals surface area contributed by atoms with E-state index in [-0.39, 0.29) is 0 Å². The lowest BCUT2D eigenvalue weighted by molar-refractivity contribution is 0.199. The third kappa shape index (κ3) is 4.55. The second kappa shape index (κ2) is 7.76. The van der Waals surface area contributed by atoms with Crippen molar-refractivity contribution in [3.05, 3.63) is 53.7 Å². The summed E-state index contributed by atoms with van der Waals surface area (Å²) in [6, 6.07) is 12.6. The maximum absolute atomic E-state index is 5.00. The molecule has 1 heterocycles. The van der Waals surface area contributed by atoms with Crippen LogP contribution in [0.15, 0.2) is 42.6 Å². The van der Waals surface area contributed by atoms with Gasteiger partial charge in [0.25, 0.3) is 0 Å². The highest BCUT2D eigenvalue weighted by Gasteiger charge is 2.05. The molecule has 0 radical (unpaired) electrons. The van der Waals surface area contributed by atoms with Crippen LogP contribution >= 0.6 is 0 Å². The Morgan fingerprint density at radius 2 is 2.10 bits per heavy atom. The number of benzene rings is 1. The molecule has 0 atom stereocenters. The number of nitrogens with one attached hydrogen (secondary N) is 1. The number of hydrogen-bond donors (Lipinski definition) is 1. The van der Waals surface area contributed by atoms with Crippen molar-refractivity contribution in [1.29, 1.82) is 0 Å². The SMILES string of the molecule is COCCNCc1ccc(N(C)c2cccc(C)c2)nc1. The average molecular weight is 285 g/mol. The van der Waals surface area contributed by atoms with E-state index in [0.29, 0.717) is 0 Å². The molecule has 4 heteroatoms. The van der Waals surface area contributed by atoms with Crippen LogP contribution in [0.1, 0.15) is 11.1 Å². The molecule has 4 nitrogen and oxygen atoms in total. The van der Waals surface area contributed by atoms with E-state index >= 15 is 0 Å². The summed E-state index contributed by atoms with van der Waals surface area (Å²) in [5.41, 5.74) is 3.57. The highest BCUT2D eigenvalue weighted by molar-refractivity contribution is 5.59. The summed E-state index contributed by atoms with van der Waals surface area (Å²) in [6.45, 7) is 4.48. The first-order valence-electron chi connectivity index (χ1n) is 7.15. The predicted octanol–water partition coefficient (Wildman–Crippen LogP) is 2.89. The van der Waals surface area contributed by atoms with Crippen molar-refractivity contribution >= 4 is 11.5 Å². The Balaban J connectivity index is 1.98. The van der Waals surface area contributed by atoms with Gasteiger partial charge < -0.3 is 15.0 Å². The molecule has 0 aliphatic carbocycles. The van der Waals surface area contributed by atoms with Crippen LogP contribution in [0.4, 0.5) is 11.5 Å². The molecule has 0 amide bonds. The van der Waals surface area contributed by atoms with Gasteiger partial charge in [-0.05, 0) is 36.2 Å². The number of nitrogens with zero attached hydrogens (tertiary/aromatic N) is 2. The van der Waals surface area contributed by atoms with Crippen LogP contribution in [0, 0.1) is 6.92 Å². The van der Waals surface area contributed by atoms with Gasteiger partial charge in [-0.25, -0.2) is 4.98 Å². The third-order valence-corrected chi connectivity index (χ3v) is 3.35. The maximum Gasteiger partial charge on any atom is 0.132 e. The lowest BCUT2D eigenvalue weighted by atomic mass is 10.2. The lowest BCUT2D eigenvalue weighted by Gasteiger charge is -2.19. The van der Waals surface area contributed by atoms with Crippen LogP contribution in [0.3, 0.4) is 0 Å². The first-order valence-corrected chi connectivity index (χ1v) is 7.15. The van der Waals surface area contributed by atoms with Gasteiger partial charge in [-0.2, -0.15) is 0 Å². The standard InChI is InChI=1S/C17H23N3O/c1-14-5-4-6-16(11-14)20(2)17-8-7-15(13-19-17)12-18-9-10-21-3/h4-8,11,13,18H,9-10,12H2,1-3H3. The zero-order chi connectivity index (χ0) is 15.1. The van der Waals surface area contributed by atoms with Crippen LogP contribution < -0.4 is 10.2 Å². The number of aryl methyl sites for hydroxylation is 1. The molecule has 1 aromatic heterocycles. The Labute approximate surface area is 126 Å². The topological polar surface area (TPSA) is 37.4 Å². The fourth-order valence-electron chi connectivity index (χ4n) is 2.10. The van der Waals surface area contributed by atoms with E-state index in [0.717, 1.165) is 31.2 Å². The molecule has 1 N–H and O–H groups in total. The zero-order valence-electron chi connectivity index (χ0n) is 13.0. The third-order valence-electron chi connectivity index (χ3n) is 3.35. The van der Waals surface area contributed by atoms with Gasteiger partial charge >= 0.3 is 0 Å². The molecular formula is C17H23N3O. The van der Waals surface area contributed by atoms with Crippen molar-refractivity contribution in [2.24, 2.45) is 0 Å². The van der Waals surface area contributed by atoms with Crippen molar-refractivity contribution in [3.8, 4) is 0 Å². The van der Waals surface area contributed by atoms with Crippen LogP contribution in [-0.4, -0.2) is 32.3 Å². The van der Waals surface area contributed by atoms with Gasteiger partial charge in [-0.15, -0.1) is 0 Å². The zero-order valence-corrected chi connectivity index (χ0v) is 13.0. The minimum Gasteiger partial charge on any atom is -0.383 e. The fraction of sp³-hybridized carbons (Fsp3) is 0.353. The summed E-state index contributed by atoms with van der Waals surface area (Å²) in [7, 11) is 3.74. The molecule has 0 saturated heterocycles. The number of aromatic nitrogens is 1. The Hall–Kier alpha value is -1.91. The van der Waals surface area contributed by atoms with Crippen molar-refractivity contribution in [3.63, 3.8) is 0 Å². The van der Waals surface area contributed by atoms with E-state index in [4.69, 9.17) is 4.74 Å². The van der Waals surface area contributed by atoms with Gasteiger partial charge in [-0.3, -0.25) is 0 Å². The lowest BCUT2D eigenvalue weighted by Crippen LogP contribution is -2.18. The molecule has 112 valence electrons. The number of ether oxygens (including phenoxy) is 1. The molecule has 0 aliphatic rings. The van der Waals surface area contributed by atoms with Gasteiger partial charge in [0, 0.05) is 39.1 Å². The first-order chi connectivity index (χ1) is 10.2. The minimum atomic E-state index is 0.724. The number of anilines is 2. The summed E-state index contributed by atoms with van der Waals surface area (Å²) in [5, 5.41) is 3.31. The normalized spacial score (nSPS) is 10.6. The molecule has 0 spiro atoms. The van der Waals surface area contributed by atoms with Crippen molar-refractivity contribution in [2.45, 2.75) is 13.5 Å². The Morgan fingerprint density at radius 1 is 1.24 bits per heavy atom. The number of rotatable bonds is 7. The average Bonchev–Trinajstić information content (AvgIpc) is 2.51. The molecule has 0 fully saturated rings. The van der Waals surface area contributed by atoms with Crippen molar-refractivity contribution in [1.82, 2.24) is 10.3 Å². The van der Waals surface area contributed by atoms with Gasteiger partial charge in [0.15, 0.2) is 0 Å². The molecule has 2 aromatic rings. The Bertz CT molecular complexity index is 554. The summed E-state index contributed by atoms with van der Waals surface area (Å²) in [4.78, 5) is 6.63. The Kier molecular flexibility index (Phi) is 5.72. The van der Waals surface area contributed by atoms with E-state index < -0.39 is 0 Å². The van der Waals surface area contributed by atoms with Gasteiger partial charge in [-0.1, -0.05) is 18.2 Å². The maximum atomic E-state index is 5.00. The summed E-state index contributed by atoms with van der Waals surface area (Å²) >= 11 is 0. The number of pyridine rings is 1. The second-order valence-corrected chi connectivity index (χ2v) is 5.09. The fourth-order valence-corrected chi connectivity index (χ4v) is 2.10. The summed E-state index contributed by atoms with van der Waals surface area (Å²) in [6.07, 6.45) is 1.92. The van der Waals surface area contributed by atoms with Crippen molar-refractivity contribution in [2.75, 3.05) is 32.2 Å². The van der Waals surface area contributed by atoms with Crippen molar-refractivity contribution < 1.29 is 4.74 Å². The predicted molar refractivity (Wildman–Crippen MR) is 87.1 cm³/mol. The molecule has 21 heavy (non-hydrogen) atoms.